The second-order valence-electron chi connectivity index (χ2n) is 6.39. The van der Waals surface area contributed by atoms with E-state index in [4.69, 9.17) is 0 Å². The van der Waals surface area contributed by atoms with E-state index in [-0.39, 0.29) is 14.9 Å². The van der Waals surface area contributed by atoms with Crippen LogP contribution in [0, 0.1) is 42.5 Å². The van der Waals surface area contributed by atoms with E-state index < -0.39 is 0 Å². The summed E-state index contributed by atoms with van der Waals surface area (Å²) in [6, 6.07) is 21.7. The molecule has 0 amide bonds. The molecule has 1 heteroatoms. The first-order chi connectivity index (χ1) is 12.0. The van der Waals surface area contributed by atoms with Crippen LogP contribution in [0.15, 0.2) is 60.7 Å². The van der Waals surface area contributed by atoms with Crippen molar-refractivity contribution in [3.05, 3.63) is 97.8 Å². The summed E-state index contributed by atoms with van der Waals surface area (Å²) in [5.74, 6) is 0. The Morgan fingerprint density at radius 3 is 1.22 bits per heavy atom. The number of aryl methyl sites for hydroxylation is 4. The van der Waals surface area contributed by atoms with Crippen LogP contribution in [0.4, 0.5) is 0 Å². The summed E-state index contributed by atoms with van der Waals surface area (Å²) in [5, 5.41) is 5.57. The molecule has 0 aliphatic heterocycles. The van der Waals surface area contributed by atoms with Gasteiger partial charge in [-0.2, -0.15) is 24.3 Å². The summed E-state index contributed by atoms with van der Waals surface area (Å²) in [6.45, 7) is 10.7. The van der Waals surface area contributed by atoms with Crippen molar-refractivity contribution in [3.63, 3.8) is 0 Å². The number of fused-ring (bicyclic) bond motifs is 2. The molecule has 0 fully saturated rings. The fourth-order valence-electron chi connectivity index (χ4n) is 3.07. The Balaban J connectivity index is 0.000000412. The monoisotopic (exact) mass is 434 g/mol. The van der Waals surface area contributed by atoms with Gasteiger partial charge in [0.05, 0.1) is 0 Å². The number of hydrogen-bond acceptors (Lipinski definition) is 0. The number of hydrogen-bond donors (Lipinski definition) is 0. The van der Waals surface area contributed by atoms with Crippen molar-refractivity contribution < 1.29 is 24.2 Å². The molecule has 0 radical (unpaired) electrons. The molecule has 0 spiro atoms. The first-order valence-corrected chi connectivity index (χ1v) is 10.1. The van der Waals surface area contributed by atoms with Gasteiger partial charge in [0, 0.05) is 0 Å². The standard InChI is InChI=1S/2C11H11.C2H4.2CH3.Zr/c2*1-8-6-7-9(2)11-5-3-4-10(8)11;1-2;;;/h2*3-7H,1-2H3;1H,2H3;2*1H3;/q2*-1;;2*-1;. The Morgan fingerprint density at radius 1 is 0.630 bits per heavy atom. The average molecular weight is 436 g/mol. The van der Waals surface area contributed by atoms with Crippen LogP contribution < -0.4 is 0 Å². The number of rotatable bonds is 0. The molecule has 0 bridgehead atoms. The van der Waals surface area contributed by atoms with Crippen molar-refractivity contribution >= 4 is 25.3 Å². The maximum atomic E-state index is 2.18. The second kappa shape index (κ2) is 12.0. The smallest absolute Gasteiger partial charge is 0.0488 e. The second-order valence-corrected chi connectivity index (χ2v) is 7.81. The number of benzene rings is 2. The quantitative estimate of drug-likeness (QED) is 0.249. The summed E-state index contributed by atoms with van der Waals surface area (Å²) in [7, 11) is 0. The van der Waals surface area contributed by atoms with E-state index in [0.29, 0.717) is 0 Å². The third kappa shape index (κ3) is 6.22. The van der Waals surface area contributed by atoms with Gasteiger partial charge in [-0.1, -0.05) is 37.1 Å². The predicted molar refractivity (Wildman–Crippen MR) is 123 cm³/mol. The van der Waals surface area contributed by atoms with Crippen molar-refractivity contribution in [1.82, 2.24) is 0 Å². The largest absolute Gasteiger partial charge is 0.358 e. The molecule has 4 rings (SSSR count). The molecule has 4 aromatic rings. The Labute approximate surface area is 181 Å². The van der Waals surface area contributed by atoms with Crippen LogP contribution in [0.25, 0.3) is 21.5 Å². The summed E-state index contributed by atoms with van der Waals surface area (Å²) in [4.78, 5) is 0. The molecule has 0 aromatic heterocycles. The Morgan fingerprint density at radius 2 is 0.926 bits per heavy atom. The van der Waals surface area contributed by atoms with E-state index in [2.05, 4.69) is 92.1 Å². The van der Waals surface area contributed by atoms with Crippen LogP contribution in [0.5, 0.6) is 0 Å². The molecular weight excluding hydrogens is 404 g/mol. The molecule has 0 aliphatic carbocycles. The molecule has 4 aromatic carbocycles. The Kier molecular flexibility index (Phi) is 11.3. The zero-order chi connectivity index (χ0) is 18.4. The van der Waals surface area contributed by atoms with Crippen LogP contribution in [0.2, 0.25) is 0 Å². The minimum Gasteiger partial charge on any atom is -0.358 e. The van der Waals surface area contributed by atoms with E-state index in [9.17, 15) is 0 Å². The van der Waals surface area contributed by atoms with Crippen molar-refractivity contribution in [3.8, 4) is 0 Å². The molecule has 0 saturated carbocycles. The SMILES string of the molecule is C[CH]=[Zr].Cc1ccc(C)c2[cH-]ccc12.Cc1ccc(C)c2[cH-]ccc12.[CH3-].[CH3-]. The molecule has 0 unspecified atom stereocenters. The van der Waals surface area contributed by atoms with E-state index in [0.717, 1.165) is 0 Å². The Bertz CT molecular complexity index is 816. The summed E-state index contributed by atoms with van der Waals surface area (Å²) in [6.07, 6.45) is 0. The van der Waals surface area contributed by atoms with Crippen molar-refractivity contribution in [2.24, 2.45) is 0 Å². The molecule has 27 heavy (non-hydrogen) atoms. The van der Waals surface area contributed by atoms with Gasteiger partial charge in [0.15, 0.2) is 0 Å². The third-order valence-electron chi connectivity index (χ3n) is 4.50. The van der Waals surface area contributed by atoms with Gasteiger partial charge in [0.25, 0.3) is 0 Å². The van der Waals surface area contributed by atoms with Crippen molar-refractivity contribution in [2.45, 2.75) is 34.6 Å². The third-order valence-corrected chi connectivity index (χ3v) is 4.50. The Hall–Kier alpha value is -1.59. The molecule has 0 nitrogen and oxygen atoms in total. The topological polar surface area (TPSA) is 0 Å². The van der Waals surface area contributed by atoms with Gasteiger partial charge in [0.2, 0.25) is 0 Å². The van der Waals surface area contributed by atoms with Crippen LogP contribution >= 0.6 is 0 Å². The van der Waals surface area contributed by atoms with E-state index in [1.54, 1.807) is 0 Å². The van der Waals surface area contributed by atoms with Gasteiger partial charge in [-0.05, 0) is 13.8 Å². The fraction of sp³-hybridized carbons (Fsp3) is 0.192. The van der Waals surface area contributed by atoms with Gasteiger partial charge < -0.3 is 14.9 Å². The average Bonchev–Trinajstić information content (AvgIpc) is 3.26. The van der Waals surface area contributed by atoms with Crippen molar-refractivity contribution in [1.29, 1.82) is 0 Å². The van der Waals surface area contributed by atoms with Crippen molar-refractivity contribution in [2.75, 3.05) is 0 Å². The predicted octanol–water partition coefficient (Wildman–Crippen LogP) is 7.61. The molecule has 0 saturated heterocycles. The van der Waals surface area contributed by atoms with E-state index >= 15 is 0 Å². The molecule has 0 N–H and O–H groups in total. The van der Waals surface area contributed by atoms with E-state index in [1.165, 1.54) is 68.0 Å². The maximum Gasteiger partial charge on any atom is -0.0488 e. The van der Waals surface area contributed by atoms with Crippen LogP contribution in [0.1, 0.15) is 29.2 Å². The first-order valence-electron chi connectivity index (χ1n) is 8.68. The molecular formula is C26H32Zr-4. The van der Waals surface area contributed by atoms with Crippen LogP contribution in [0.3, 0.4) is 0 Å². The minimum absolute atomic E-state index is 0. The molecule has 0 atom stereocenters. The molecule has 144 valence electrons. The fourth-order valence-corrected chi connectivity index (χ4v) is 3.07. The normalized spacial score (nSPS) is 9.19. The minimum atomic E-state index is 0. The summed E-state index contributed by atoms with van der Waals surface area (Å²) >= 11 is 1.51. The zero-order valence-electron chi connectivity index (χ0n) is 17.9. The van der Waals surface area contributed by atoms with Crippen LogP contribution in [-0.4, -0.2) is 3.71 Å². The van der Waals surface area contributed by atoms with E-state index in [1.807, 2.05) is 6.92 Å². The van der Waals surface area contributed by atoms with Crippen LogP contribution in [-0.2, 0) is 24.2 Å². The summed E-state index contributed by atoms with van der Waals surface area (Å²) in [5.41, 5.74) is 5.48. The molecule has 0 heterocycles. The zero-order valence-corrected chi connectivity index (χ0v) is 20.3. The van der Waals surface area contributed by atoms with Gasteiger partial charge in [-0.25, -0.2) is 0 Å². The summed E-state index contributed by atoms with van der Waals surface area (Å²) < 4.78 is 2.09. The maximum absolute atomic E-state index is 2.18. The van der Waals surface area contributed by atoms with Gasteiger partial charge in [-0.15, -0.1) is 56.9 Å². The van der Waals surface area contributed by atoms with Gasteiger partial charge in [0.1, 0.15) is 0 Å². The molecule has 0 aliphatic rings. The van der Waals surface area contributed by atoms with Gasteiger partial charge >= 0.3 is 34.9 Å². The van der Waals surface area contributed by atoms with Gasteiger partial charge in [-0.3, -0.25) is 0 Å². The first kappa shape index (κ1) is 25.4.